The van der Waals surface area contributed by atoms with Gasteiger partial charge in [-0.1, -0.05) is 11.6 Å². The Morgan fingerprint density at radius 3 is 2.32 bits per heavy atom. The van der Waals surface area contributed by atoms with Crippen LogP contribution in [-0.2, 0) is 10.8 Å². The Bertz CT molecular complexity index is 939. The third-order valence-electron chi connectivity index (χ3n) is 3.77. The first-order valence-electron chi connectivity index (χ1n) is 7.73. The smallest absolute Gasteiger partial charge is 0.254 e. The van der Waals surface area contributed by atoms with Crippen molar-refractivity contribution < 1.29 is 26.6 Å². The molecule has 28 heavy (non-hydrogen) atoms. The molecule has 12 heteroatoms. The lowest BCUT2D eigenvalue weighted by Crippen LogP contribution is -2.38. The lowest BCUT2D eigenvalue weighted by Gasteiger charge is -2.18. The zero-order valence-electron chi connectivity index (χ0n) is 14.2. The summed E-state index contributed by atoms with van der Waals surface area (Å²) < 4.78 is 64.2. The number of carbonyl (C=O) groups excluding carboxylic acids is 1. The van der Waals surface area contributed by atoms with E-state index in [9.17, 15) is 26.6 Å². The quantitative estimate of drug-likeness (QED) is 0.715. The van der Waals surface area contributed by atoms with Gasteiger partial charge in [-0.15, -0.1) is 11.1 Å². The maximum absolute atomic E-state index is 14.4. The number of nitrogens with one attached hydrogen (secondary N) is 2. The standard InChI is InChI=1S/C16H13ClF4N4O2S/c1-9-6-12(18)13(7-14(9)28(27)8-16(19,20)21)25-15(26)24(22-23-25)11-4-2-10(17)3-5-11/h2-7,22-23H,8H2,1H3. The molecule has 2 aromatic rings. The molecule has 0 aromatic heterocycles. The Hall–Kier alpha value is -2.21. The highest BCUT2D eigenvalue weighted by atomic mass is 35.5. The van der Waals surface area contributed by atoms with Gasteiger partial charge in [-0.05, 0) is 48.9 Å². The lowest BCUT2D eigenvalue weighted by atomic mass is 10.2. The largest absolute Gasteiger partial charge is 0.400 e. The first-order valence-corrected chi connectivity index (χ1v) is 9.43. The molecule has 0 saturated carbocycles. The van der Waals surface area contributed by atoms with E-state index < -0.39 is 34.6 Å². The van der Waals surface area contributed by atoms with Gasteiger partial charge in [-0.3, -0.25) is 4.21 Å². The van der Waals surface area contributed by atoms with Crippen molar-refractivity contribution in [1.29, 1.82) is 0 Å². The molecule has 2 N–H and O–H groups in total. The number of aryl methyl sites for hydroxylation is 1. The molecule has 1 heterocycles. The highest BCUT2D eigenvalue weighted by molar-refractivity contribution is 7.85. The second kappa shape index (κ2) is 7.66. The molecule has 0 spiro atoms. The Balaban J connectivity index is 1.91. The maximum atomic E-state index is 14.4. The lowest BCUT2D eigenvalue weighted by molar-refractivity contribution is -0.105. The predicted octanol–water partition coefficient (Wildman–Crippen LogP) is 3.83. The summed E-state index contributed by atoms with van der Waals surface area (Å²) in [4.78, 5) is 12.4. The number of benzene rings is 2. The van der Waals surface area contributed by atoms with Crippen LogP contribution in [0.3, 0.4) is 0 Å². The summed E-state index contributed by atoms with van der Waals surface area (Å²) in [6.07, 6.45) is -4.65. The van der Waals surface area contributed by atoms with Gasteiger partial charge >= 0.3 is 12.2 Å². The van der Waals surface area contributed by atoms with Gasteiger partial charge in [0.2, 0.25) is 0 Å². The van der Waals surface area contributed by atoms with Crippen molar-refractivity contribution in [2.45, 2.75) is 18.0 Å². The predicted molar refractivity (Wildman–Crippen MR) is 96.5 cm³/mol. The molecule has 0 radical (unpaired) electrons. The highest BCUT2D eigenvalue weighted by Crippen LogP contribution is 2.30. The Morgan fingerprint density at radius 1 is 1.11 bits per heavy atom. The number of halogens is 5. The number of hydrogen-bond donors (Lipinski definition) is 2. The molecular formula is C16H13ClF4N4O2S. The Morgan fingerprint density at radius 2 is 1.71 bits per heavy atom. The number of hydrogen-bond acceptors (Lipinski definition) is 4. The first kappa shape index (κ1) is 20.5. The molecule has 1 unspecified atom stereocenters. The van der Waals surface area contributed by atoms with Crippen molar-refractivity contribution in [3.8, 4) is 0 Å². The van der Waals surface area contributed by atoms with Gasteiger partial charge in [-0.25, -0.2) is 19.2 Å². The van der Waals surface area contributed by atoms with Gasteiger partial charge in [-0.2, -0.15) is 13.2 Å². The molecule has 0 aliphatic carbocycles. The molecule has 1 aliphatic rings. The minimum absolute atomic E-state index is 0.0815. The molecule has 1 atom stereocenters. The number of rotatable bonds is 4. The molecule has 2 amide bonds. The van der Waals surface area contributed by atoms with Crippen LogP contribution in [0.15, 0.2) is 41.3 Å². The third kappa shape index (κ3) is 4.27. The number of anilines is 2. The molecule has 3 rings (SSSR count). The van der Waals surface area contributed by atoms with E-state index in [2.05, 4.69) is 11.1 Å². The van der Waals surface area contributed by atoms with Crippen LogP contribution in [0.1, 0.15) is 5.56 Å². The van der Waals surface area contributed by atoms with Crippen molar-refractivity contribution in [3.05, 3.63) is 52.8 Å². The van der Waals surface area contributed by atoms with Gasteiger partial charge in [0.05, 0.1) is 16.5 Å². The normalized spacial score (nSPS) is 16.0. The van der Waals surface area contributed by atoms with Crippen LogP contribution in [0, 0.1) is 12.7 Å². The molecule has 1 fully saturated rings. The van der Waals surface area contributed by atoms with Gasteiger partial charge in [0.15, 0.2) is 0 Å². The van der Waals surface area contributed by atoms with E-state index in [4.69, 9.17) is 11.6 Å². The SMILES string of the molecule is Cc1cc(F)c(N2NNN(c3ccc(Cl)cc3)C2=O)cc1S(=O)CC(F)(F)F. The summed E-state index contributed by atoms with van der Waals surface area (Å²) in [7, 11) is -2.45. The minimum atomic E-state index is -4.65. The average Bonchev–Trinajstić information content (AvgIpc) is 2.95. The fourth-order valence-electron chi connectivity index (χ4n) is 2.51. The monoisotopic (exact) mass is 436 g/mol. The third-order valence-corrected chi connectivity index (χ3v) is 5.54. The van der Waals surface area contributed by atoms with Gasteiger partial charge < -0.3 is 0 Å². The number of amides is 2. The van der Waals surface area contributed by atoms with Crippen molar-refractivity contribution in [3.63, 3.8) is 0 Å². The van der Waals surface area contributed by atoms with E-state index in [1.807, 2.05) is 0 Å². The molecule has 1 aliphatic heterocycles. The van der Waals surface area contributed by atoms with Crippen LogP contribution in [0.4, 0.5) is 33.7 Å². The topological polar surface area (TPSA) is 64.7 Å². The second-order valence-corrected chi connectivity index (χ2v) is 7.68. The summed E-state index contributed by atoms with van der Waals surface area (Å²) >= 11 is 5.80. The number of urea groups is 1. The van der Waals surface area contributed by atoms with Crippen LogP contribution in [0.5, 0.6) is 0 Å². The average molecular weight is 437 g/mol. The molecule has 6 nitrogen and oxygen atoms in total. The zero-order chi connectivity index (χ0) is 20.6. The zero-order valence-corrected chi connectivity index (χ0v) is 15.8. The van der Waals surface area contributed by atoms with Crippen molar-refractivity contribution in [2.24, 2.45) is 0 Å². The van der Waals surface area contributed by atoms with Crippen LogP contribution in [0.2, 0.25) is 5.02 Å². The van der Waals surface area contributed by atoms with Crippen molar-refractivity contribution >= 4 is 39.8 Å². The molecular weight excluding hydrogens is 424 g/mol. The molecule has 150 valence electrons. The summed E-state index contributed by atoms with van der Waals surface area (Å²) in [6, 6.07) is 7.29. The van der Waals surface area contributed by atoms with Crippen LogP contribution < -0.4 is 21.1 Å². The number of carbonyl (C=O) groups is 1. The summed E-state index contributed by atoms with van der Waals surface area (Å²) in [5, 5.41) is 2.25. The van der Waals surface area contributed by atoms with Gasteiger partial charge in [0.25, 0.3) is 0 Å². The summed E-state index contributed by atoms with van der Waals surface area (Å²) in [6.45, 7) is 1.34. The number of hydrazine groups is 3. The van der Waals surface area contributed by atoms with Crippen molar-refractivity contribution in [2.75, 3.05) is 15.8 Å². The number of nitrogens with zero attached hydrogens (tertiary/aromatic N) is 2. The fourth-order valence-corrected chi connectivity index (χ4v) is 3.75. The highest BCUT2D eigenvalue weighted by Gasteiger charge is 2.35. The summed E-state index contributed by atoms with van der Waals surface area (Å²) in [5.74, 6) is -2.44. The number of alkyl halides is 3. The molecule has 2 aromatic carbocycles. The van der Waals surface area contributed by atoms with Gasteiger partial charge in [0.1, 0.15) is 17.3 Å². The second-order valence-electron chi connectivity index (χ2n) is 5.83. The Kier molecular flexibility index (Phi) is 5.62. The van der Waals surface area contributed by atoms with E-state index >= 15 is 0 Å². The molecule has 0 bridgehead atoms. The van der Waals surface area contributed by atoms with Crippen LogP contribution >= 0.6 is 11.6 Å². The molecule has 1 saturated heterocycles. The maximum Gasteiger partial charge on any atom is 0.400 e. The Labute approximate surface area is 164 Å². The van der Waals surface area contributed by atoms with E-state index in [0.717, 1.165) is 22.2 Å². The fraction of sp³-hybridized carbons (Fsp3) is 0.188. The van der Waals surface area contributed by atoms with E-state index in [-0.39, 0.29) is 16.1 Å². The van der Waals surface area contributed by atoms with Gasteiger partial charge in [0, 0.05) is 9.92 Å². The van der Waals surface area contributed by atoms with E-state index in [1.54, 1.807) is 12.1 Å². The van der Waals surface area contributed by atoms with Crippen LogP contribution in [0.25, 0.3) is 0 Å². The van der Waals surface area contributed by atoms with E-state index in [0.29, 0.717) is 10.7 Å². The minimum Gasteiger partial charge on any atom is -0.254 e. The van der Waals surface area contributed by atoms with Crippen LogP contribution in [-0.4, -0.2) is 22.2 Å². The first-order chi connectivity index (χ1) is 13.1. The van der Waals surface area contributed by atoms with E-state index in [1.165, 1.54) is 19.1 Å². The van der Waals surface area contributed by atoms with Crippen molar-refractivity contribution in [1.82, 2.24) is 11.1 Å². The summed E-state index contributed by atoms with van der Waals surface area (Å²) in [5.41, 5.74) is 5.04.